The van der Waals surface area contributed by atoms with Gasteiger partial charge in [0.2, 0.25) is 0 Å². The average Bonchev–Trinajstić information content (AvgIpc) is 2.49. The van der Waals surface area contributed by atoms with Gasteiger partial charge in [0.1, 0.15) is 11.5 Å². The van der Waals surface area contributed by atoms with Crippen LogP contribution in [0.5, 0.6) is 11.5 Å². The molecule has 0 unspecified atom stereocenters. The molecule has 0 aliphatic rings. The number of allylic oxidation sites excluding steroid dienone is 1. The summed E-state index contributed by atoms with van der Waals surface area (Å²) in [7, 11) is 3.32. The Balaban J connectivity index is 2.46. The van der Waals surface area contributed by atoms with Crippen molar-refractivity contribution in [2.24, 2.45) is 0 Å². The van der Waals surface area contributed by atoms with Gasteiger partial charge < -0.3 is 9.47 Å². The molecular weight excluding hydrogens is 236 g/mol. The molecule has 19 heavy (non-hydrogen) atoms. The molecule has 1 atom stereocenters. The lowest BCUT2D eigenvalue weighted by Crippen LogP contribution is -2.01. The van der Waals surface area contributed by atoms with Crippen LogP contribution in [0.3, 0.4) is 0 Å². The van der Waals surface area contributed by atoms with Crippen molar-refractivity contribution in [1.29, 1.82) is 0 Å². The summed E-state index contributed by atoms with van der Waals surface area (Å²) in [5.41, 5.74) is 2.28. The van der Waals surface area contributed by atoms with Gasteiger partial charge in [0.25, 0.3) is 0 Å². The van der Waals surface area contributed by atoms with Crippen molar-refractivity contribution in [2.75, 3.05) is 14.2 Å². The Morgan fingerprint density at radius 2 is 1.74 bits per heavy atom. The lowest BCUT2D eigenvalue weighted by molar-refractivity contribution is 0.391. The molecule has 0 N–H and O–H groups in total. The SMILES string of the molecule is C=C[C@@H](c1ccccc1)c1ccc(OC)cc1OC. The minimum atomic E-state index is 0.113. The number of benzene rings is 2. The van der Waals surface area contributed by atoms with E-state index in [2.05, 4.69) is 18.7 Å². The molecular formula is C17H18O2. The van der Waals surface area contributed by atoms with Crippen LogP contribution in [0.1, 0.15) is 17.0 Å². The van der Waals surface area contributed by atoms with Crippen LogP contribution < -0.4 is 9.47 Å². The van der Waals surface area contributed by atoms with Gasteiger partial charge in [-0.1, -0.05) is 42.5 Å². The first kappa shape index (κ1) is 13.2. The Morgan fingerprint density at radius 3 is 2.32 bits per heavy atom. The molecule has 0 amide bonds. The third-order valence-corrected chi connectivity index (χ3v) is 3.17. The molecule has 0 radical (unpaired) electrons. The number of methoxy groups -OCH3 is 2. The maximum Gasteiger partial charge on any atom is 0.126 e. The summed E-state index contributed by atoms with van der Waals surface area (Å²) in [5, 5.41) is 0. The summed E-state index contributed by atoms with van der Waals surface area (Å²) in [4.78, 5) is 0. The van der Waals surface area contributed by atoms with E-state index in [4.69, 9.17) is 9.47 Å². The van der Waals surface area contributed by atoms with E-state index in [1.54, 1.807) is 14.2 Å². The van der Waals surface area contributed by atoms with E-state index in [9.17, 15) is 0 Å². The lowest BCUT2D eigenvalue weighted by atomic mass is 9.91. The zero-order valence-electron chi connectivity index (χ0n) is 11.3. The second kappa shape index (κ2) is 6.10. The smallest absolute Gasteiger partial charge is 0.126 e. The summed E-state index contributed by atoms with van der Waals surface area (Å²) >= 11 is 0. The molecule has 0 aliphatic heterocycles. The fourth-order valence-electron chi connectivity index (χ4n) is 2.18. The Labute approximate surface area is 114 Å². The van der Waals surface area contributed by atoms with E-state index in [0.717, 1.165) is 17.1 Å². The molecule has 0 aromatic heterocycles. The largest absolute Gasteiger partial charge is 0.497 e. The molecule has 2 aromatic rings. The van der Waals surface area contributed by atoms with Gasteiger partial charge in [0.05, 0.1) is 14.2 Å². The van der Waals surface area contributed by atoms with Crippen LogP contribution in [0, 0.1) is 0 Å². The van der Waals surface area contributed by atoms with Crippen LogP contribution in [0.4, 0.5) is 0 Å². The summed E-state index contributed by atoms with van der Waals surface area (Å²) in [6.07, 6.45) is 1.93. The maximum absolute atomic E-state index is 5.46. The van der Waals surface area contributed by atoms with Crippen LogP contribution >= 0.6 is 0 Å². The Hall–Kier alpha value is -2.22. The topological polar surface area (TPSA) is 18.5 Å². The van der Waals surface area contributed by atoms with Crippen LogP contribution in [0.15, 0.2) is 61.2 Å². The van der Waals surface area contributed by atoms with Crippen molar-refractivity contribution in [3.05, 3.63) is 72.3 Å². The van der Waals surface area contributed by atoms with Crippen molar-refractivity contribution in [1.82, 2.24) is 0 Å². The Morgan fingerprint density at radius 1 is 1.00 bits per heavy atom. The molecule has 2 aromatic carbocycles. The molecule has 2 nitrogen and oxygen atoms in total. The molecule has 0 saturated heterocycles. The summed E-state index contributed by atoms with van der Waals surface area (Å²) in [6, 6.07) is 16.1. The van der Waals surface area contributed by atoms with Crippen molar-refractivity contribution in [2.45, 2.75) is 5.92 Å². The molecule has 0 saturated carbocycles. The van der Waals surface area contributed by atoms with Crippen molar-refractivity contribution in [3.8, 4) is 11.5 Å². The molecule has 2 heteroatoms. The van der Waals surface area contributed by atoms with E-state index in [-0.39, 0.29) is 5.92 Å². The van der Waals surface area contributed by atoms with E-state index in [1.807, 2.05) is 42.5 Å². The fourth-order valence-corrected chi connectivity index (χ4v) is 2.18. The molecule has 0 aliphatic carbocycles. The van der Waals surface area contributed by atoms with Gasteiger partial charge in [-0.2, -0.15) is 0 Å². The third-order valence-electron chi connectivity index (χ3n) is 3.17. The summed E-state index contributed by atoms with van der Waals surface area (Å²) < 4.78 is 10.7. The zero-order valence-corrected chi connectivity index (χ0v) is 11.3. The summed E-state index contributed by atoms with van der Waals surface area (Å²) in [6.45, 7) is 3.94. The first-order valence-electron chi connectivity index (χ1n) is 6.19. The number of rotatable bonds is 5. The van der Waals surface area contributed by atoms with Gasteiger partial charge in [0.15, 0.2) is 0 Å². The first-order valence-corrected chi connectivity index (χ1v) is 6.19. The highest BCUT2D eigenvalue weighted by atomic mass is 16.5. The van der Waals surface area contributed by atoms with Crippen molar-refractivity contribution < 1.29 is 9.47 Å². The number of ether oxygens (including phenoxy) is 2. The normalized spacial score (nSPS) is 11.7. The predicted octanol–water partition coefficient (Wildman–Crippen LogP) is 4.02. The predicted molar refractivity (Wildman–Crippen MR) is 78.0 cm³/mol. The average molecular weight is 254 g/mol. The number of hydrogen-bond donors (Lipinski definition) is 0. The maximum atomic E-state index is 5.46. The zero-order chi connectivity index (χ0) is 13.7. The Bertz CT molecular complexity index is 546. The molecule has 0 bridgehead atoms. The van der Waals surface area contributed by atoms with Crippen LogP contribution in [-0.4, -0.2) is 14.2 Å². The standard InChI is InChI=1S/C17H18O2/c1-4-15(13-8-6-5-7-9-13)16-11-10-14(18-2)12-17(16)19-3/h4-12,15H,1H2,2-3H3/t15-/m0/s1. The second-order valence-corrected chi connectivity index (χ2v) is 4.23. The van der Waals surface area contributed by atoms with Crippen molar-refractivity contribution >= 4 is 0 Å². The molecule has 0 spiro atoms. The van der Waals surface area contributed by atoms with E-state index < -0.39 is 0 Å². The highest BCUT2D eigenvalue weighted by Gasteiger charge is 2.15. The quantitative estimate of drug-likeness (QED) is 0.750. The summed E-state index contributed by atoms with van der Waals surface area (Å²) in [5.74, 6) is 1.71. The van der Waals surface area contributed by atoms with Gasteiger partial charge in [0, 0.05) is 17.5 Å². The Kier molecular flexibility index (Phi) is 4.24. The second-order valence-electron chi connectivity index (χ2n) is 4.23. The van der Waals surface area contributed by atoms with Crippen molar-refractivity contribution in [3.63, 3.8) is 0 Å². The monoisotopic (exact) mass is 254 g/mol. The fraction of sp³-hybridized carbons (Fsp3) is 0.176. The van der Waals surface area contributed by atoms with Crippen LogP contribution in [-0.2, 0) is 0 Å². The number of hydrogen-bond acceptors (Lipinski definition) is 2. The van der Waals surface area contributed by atoms with Gasteiger partial charge in [-0.05, 0) is 11.6 Å². The highest BCUT2D eigenvalue weighted by Crippen LogP contribution is 2.34. The molecule has 98 valence electrons. The highest BCUT2D eigenvalue weighted by molar-refractivity contribution is 5.48. The molecule has 0 fully saturated rings. The third kappa shape index (κ3) is 2.79. The first-order chi connectivity index (χ1) is 9.30. The van der Waals surface area contributed by atoms with Gasteiger partial charge in [-0.25, -0.2) is 0 Å². The molecule has 0 heterocycles. The minimum Gasteiger partial charge on any atom is -0.497 e. The minimum absolute atomic E-state index is 0.113. The lowest BCUT2D eigenvalue weighted by Gasteiger charge is -2.17. The van der Waals surface area contributed by atoms with E-state index in [0.29, 0.717) is 0 Å². The van der Waals surface area contributed by atoms with E-state index in [1.165, 1.54) is 5.56 Å². The van der Waals surface area contributed by atoms with Crippen LogP contribution in [0.2, 0.25) is 0 Å². The van der Waals surface area contributed by atoms with Gasteiger partial charge >= 0.3 is 0 Å². The van der Waals surface area contributed by atoms with E-state index >= 15 is 0 Å². The van der Waals surface area contributed by atoms with Gasteiger partial charge in [-0.15, -0.1) is 6.58 Å². The van der Waals surface area contributed by atoms with Crippen LogP contribution in [0.25, 0.3) is 0 Å². The van der Waals surface area contributed by atoms with Gasteiger partial charge in [-0.3, -0.25) is 0 Å². The molecule has 2 rings (SSSR count).